The van der Waals surface area contributed by atoms with Gasteiger partial charge < -0.3 is 4.90 Å². The third-order valence-corrected chi connectivity index (χ3v) is 4.65. The van der Waals surface area contributed by atoms with E-state index in [9.17, 15) is 9.18 Å². The average Bonchev–Trinajstić information content (AvgIpc) is 2.68. The van der Waals surface area contributed by atoms with Crippen molar-refractivity contribution in [3.63, 3.8) is 0 Å². The topological polar surface area (TPSA) is 33.2 Å². The largest absolute Gasteiger partial charge is 0.327 e. The summed E-state index contributed by atoms with van der Waals surface area (Å²) in [6.07, 6.45) is 3.95. The molecule has 3 nitrogen and oxygen atoms in total. The Morgan fingerprint density at radius 2 is 1.76 bits per heavy atom. The molecule has 0 saturated heterocycles. The summed E-state index contributed by atoms with van der Waals surface area (Å²) in [7, 11) is 0. The SMILES string of the molecule is O=C(c1cccnc1)N1CCc2ccccc2C1c1ccccc1F. The molecule has 4 heteroatoms. The molecule has 1 unspecified atom stereocenters. The van der Waals surface area contributed by atoms with Crippen molar-refractivity contribution in [3.8, 4) is 0 Å². The highest BCUT2D eigenvalue weighted by molar-refractivity contribution is 5.94. The molecular formula is C21H17FN2O. The normalized spacial score (nSPS) is 16.4. The van der Waals surface area contributed by atoms with E-state index in [0.717, 1.165) is 17.5 Å². The first-order valence-corrected chi connectivity index (χ1v) is 8.29. The van der Waals surface area contributed by atoms with Crippen LogP contribution in [0.1, 0.15) is 33.1 Å². The smallest absolute Gasteiger partial charge is 0.256 e. The van der Waals surface area contributed by atoms with Gasteiger partial charge in [0.2, 0.25) is 0 Å². The van der Waals surface area contributed by atoms with Gasteiger partial charge in [-0.1, -0.05) is 42.5 Å². The van der Waals surface area contributed by atoms with Crippen LogP contribution >= 0.6 is 0 Å². The van der Waals surface area contributed by atoms with Crippen LogP contribution in [0, 0.1) is 5.82 Å². The van der Waals surface area contributed by atoms with E-state index in [2.05, 4.69) is 11.1 Å². The van der Waals surface area contributed by atoms with Gasteiger partial charge in [-0.05, 0) is 35.7 Å². The first-order valence-electron chi connectivity index (χ1n) is 8.29. The van der Waals surface area contributed by atoms with Gasteiger partial charge in [0.1, 0.15) is 5.82 Å². The minimum Gasteiger partial charge on any atom is -0.327 e. The summed E-state index contributed by atoms with van der Waals surface area (Å²) < 4.78 is 14.6. The molecule has 1 aliphatic rings. The number of hydrogen-bond donors (Lipinski definition) is 0. The van der Waals surface area contributed by atoms with E-state index in [1.54, 1.807) is 41.6 Å². The second kappa shape index (κ2) is 6.48. The Labute approximate surface area is 145 Å². The molecule has 1 aromatic heterocycles. The van der Waals surface area contributed by atoms with E-state index in [-0.39, 0.29) is 11.7 Å². The molecular weight excluding hydrogens is 315 g/mol. The van der Waals surface area contributed by atoms with Crippen LogP contribution in [0.15, 0.2) is 73.1 Å². The Balaban J connectivity index is 1.84. The molecule has 2 heterocycles. The molecule has 3 aromatic rings. The minimum atomic E-state index is -0.432. The first kappa shape index (κ1) is 15.5. The number of pyridine rings is 1. The van der Waals surface area contributed by atoms with Crippen LogP contribution < -0.4 is 0 Å². The summed E-state index contributed by atoms with van der Waals surface area (Å²) in [5, 5.41) is 0. The van der Waals surface area contributed by atoms with Crippen molar-refractivity contribution in [3.05, 3.63) is 101 Å². The Bertz CT molecular complexity index is 911. The van der Waals surface area contributed by atoms with E-state index in [1.807, 2.05) is 24.3 Å². The average molecular weight is 332 g/mol. The molecule has 0 fully saturated rings. The van der Waals surface area contributed by atoms with E-state index >= 15 is 0 Å². The molecule has 25 heavy (non-hydrogen) atoms. The van der Waals surface area contributed by atoms with Crippen molar-refractivity contribution in [2.24, 2.45) is 0 Å². The van der Waals surface area contributed by atoms with Gasteiger partial charge in [-0.3, -0.25) is 9.78 Å². The van der Waals surface area contributed by atoms with Crippen LogP contribution in [0.5, 0.6) is 0 Å². The predicted molar refractivity (Wildman–Crippen MR) is 93.7 cm³/mol. The summed E-state index contributed by atoms with van der Waals surface area (Å²) in [5.74, 6) is -0.427. The highest BCUT2D eigenvalue weighted by Gasteiger charge is 2.33. The number of carbonyl (C=O) groups is 1. The van der Waals surface area contributed by atoms with E-state index in [0.29, 0.717) is 17.7 Å². The Morgan fingerprint density at radius 3 is 2.52 bits per heavy atom. The van der Waals surface area contributed by atoms with Gasteiger partial charge in [-0.15, -0.1) is 0 Å². The second-order valence-corrected chi connectivity index (χ2v) is 6.11. The van der Waals surface area contributed by atoms with Gasteiger partial charge in [0.05, 0.1) is 11.6 Å². The lowest BCUT2D eigenvalue weighted by molar-refractivity contribution is 0.0691. The zero-order valence-corrected chi connectivity index (χ0v) is 13.6. The van der Waals surface area contributed by atoms with Crippen LogP contribution in [-0.2, 0) is 6.42 Å². The second-order valence-electron chi connectivity index (χ2n) is 6.11. The molecule has 1 atom stereocenters. The molecule has 0 saturated carbocycles. The number of carbonyl (C=O) groups excluding carboxylic acids is 1. The lowest BCUT2D eigenvalue weighted by Crippen LogP contribution is -2.41. The monoisotopic (exact) mass is 332 g/mol. The number of aromatic nitrogens is 1. The number of benzene rings is 2. The summed E-state index contributed by atoms with van der Waals surface area (Å²) in [4.78, 5) is 18.9. The van der Waals surface area contributed by atoms with Crippen molar-refractivity contribution >= 4 is 5.91 Å². The lowest BCUT2D eigenvalue weighted by atomic mass is 9.87. The Kier molecular flexibility index (Phi) is 4.02. The van der Waals surface area contributed by atoms with Crippen LogP contribution in [0.2, 0.25) is 0 Å². The van der Waals surface area contributed by atoms with Crippen molar-refractivity contribution in [1.29, 1.82) is 0 Å². The number of hydrogen-bond acceptors (Lipinski definition) is 2. The zero-order valence-electron chi connectivity index (χ0n) is 13.6. The molecule has 1 aliphatic heterocycles. The highest BCUT2D eigenvalue weighted by Crippen LogP contribution is 2.36. The first-order chi connectivity index (χ1) is 12.3. The maximum absolute atomic E-state index is 14.6. The van der Waals surface area contributed by atoms with Crippen LogP contribution in [0.4, 0.5) is 4.39 Å². The molecule has 4 rings (SSSR count). The number of halogens is 1. The molecule has 0 bridgehead atoms. The van der Waals surface area contributed by atoms with Crippen LogP contribution in [0.3, 0.4) is 0 Å². The van der Waals surface area contributed by atoms with E-state index in [1.165, 1.54) is 6.07 Å². The van der Waals surface area contributed by atoms with Crippen molar-refractivity contribution < 1.29 is 9.18 Å². The predicted octanol–water partition coefficient (Wildman–Crippen LogP) is 4.01. The van der Waals surface area contributed by atoms with Gasteiger partial charge in [0, 0.05) is 24.5 Å². The van der Waals surface area contributed by atoms with Crippen molar-refractivity contribution in [2.45, 2.75) is 12.5 Å². The van der Waals surface area contributed by atoms with Gasteiger partial charge in [-0.25, -0.2) is 4.39 Å². The standard InChI is InChI=1S/C21H17FN2O/c22-19-10-4-3-9-18(19)20-17-8-2-1-6-15(17)11-13-24(20)21(25)16-7-5-12-23-14-16/h1-10,12,14,20H,11,13H2. The summed E-state index contributed by atoms with van der Waals surface area (Å²) in [6, 6.07) is 17.7. The van der Waals surface area contributed by atoms with Gasteiger partial charge in [0.25, 0.3) is 5.91 Å². The third-order valence-electron chi connectivity index (χ3n) is 4.65. The number of nitrogens with zero attached hydrogens (tertiary/aromatic N) is 2. The van der Waals surface area contributed by atoms with E-state index < -0.39 is 6.04 Å². The maximum atomic E-state index is 14.6. The van der Waals surface area contributed by atoms with E-state index in [4.69, 9.17) is 0 Å². The maximum Gasteiger partial charge on any atom is 0.256 e. The zero-order chi connectivity index (χ0) is 17.2. The fourth-order valence-electron chi connectivity index (χ4n) is 3.47. The molecule has 0 N–H and O–H groups in total. The molecule has 0 radical (unpaired) electrons. The fraction of sp³-hybridized carbons (Fsp3) is 0.143. The Hall–Kier alpha value is -3.01. The van der Waals surface area contributed by atoms with Crippen molar-refractivity contribution in [1.82, 2.24) is 9.88 Å². The van der Waals surface area contributed by atoms with Crippen LogP contribution in [0.25, 0.3) is 0 Å². The van der Waals surface area contributed by atoms with Gasteiger partial charge in [0.15, 0.2) is 0 Å². The molecule has 0 aliphatic carbocycles. The van der Waals surface area contributed by atoms with Crippen molar-refractivity contribution in [2.75, 3.05) is 6.54 Å². The Morgan fingerprint density at radius 1 is 1.00 bits per heavy atom. The fourth-order valence-corrected chi connectivity index (χ4v) is 3.47. The minimum absolute atomic E-state index is 0.129. The number of rotatable bonds is 2. The van der Waals surface area contributed by atoms with Crippen LogP contribution in [-0.4, -0.2) is 22.3 Å². The quantitative estimate of drug-likeness (QED) is 0.710. The lowest BCUT2D eigenvalue weighted by Gasteiger charge is -2.38. The van der Waals surface area contributed by atoms with Gasteiger partial charge in [-0.2, -0.15) is 0 Å². The summed E-state index contributed by atoms with van der Waals surface area (Å²) in [6.45, 7) is 0.545. The molecule has 0 spiro atoms. The number of fused-ring (bicyclic) bond motifs is 1. The summed E-state index contributed by atoms with van der Waals surface area (Å²) >= 11 is 0. The summed E-state index contributed by atoms with van der Waals surface area (Å²) in [5.41, 5.74) is 3.18. The molecule has 2 aromatic carbocycles. The molecule has 124 valence electrons. The third kappa shape index (κ3) is 2.80. The highest BCUT2D eigenvalue weighted by atomic mass is 19.1. The number of amides is 1. The molecule has 1 amide bonds. The van der Waals surface area contributed by atoms with Gasteiger partial charge >= 0.3 is 0 Å².